The van der Waals surface area contributed by atoms with Crippen LogP contribution in [0.4, 0.5) is 10.5 Å². The fourth-order valence-electron chi connectivity index (χ4n) is 2.28. The van der Waals surface area contributed by atoms with E-state index in [0.717, 1.165) is 16.7 Å². The summed E-state index contributed by atoms with van der Waals surface area (Å²) >= 11 is 0. The van der Waals surface area contributed by atoms with Crippen molar-refractivity contribution in [3.8, 4) is 0 Å². The van der Waals surface area contributed by atoms with Crippen LogP contribution in [0.3, 0.4) is 0 Å². The predicted octanol–water partition coefficient (Wildman–Crippen LogP) is 0.908. The zero-order chi connectivity index (χ0) is 16.4. The number of nitrogens with zero attached hydrogens (tertiary/aromatic N) is 3. The van der Waals surface area contributed by atoms with E-state index >= 15 is 0 Å². The van der Waals surface area contributed by atoms with Gasteiger partial charge in [0.2, 0.25) is 5.91 Å². The Kier molecular flexibility index (Phi) is 4.30. The Bertz CT molecular complexity index is 721. The lowest BCUT2D eigenvalue weighted by Gasteiger charge is -2.20. The number of primary amides is 1. The summed E-state index contributed by atoms with van der Waals surface area (Å²) in [5, 5.41) is 10.3. The third-order valence-electron chi connectivity index (χ3n) is 3.38. The summed E-state index contributed by atoms with van der Waals surface area (Å²) in [5.74, 6) is -0.430. The largest absolute Gasteiger partial charge is 0.352 e. The van der Waals surface area contributed by atoms with Crippen LogP contribution in [0.2, 0.25) is 0 Å². The van der Waals surface area contributed by atoms with Crippen molar-refractivity contribution in [1.82, 2.24) is 20.1 Å². The third kappa shape index (κ3) is 3.16. The number of carbonyl (C=O) groups is 2. The van der Waals surface area contributed by atoms with Gasteiger partial charge in [0, 0.05) is 12.4 Å². The number of anilines is 1. The van der Waals surface area contributed by atoms with Gasteiger partial charge in [-0.15, -0.1) is 0 Å². The third-order valence-corrected chi connectivity index (χ3v) is 3.38. The molecule has 8 heteroatoms. The Hall–Kier alpha value is -2.64. The maximum absolute atomic E-state index is 12.3. The first-order chi connectivity index (χ1) is 10.3. The number of amides is 3. The Balaban J connectivity index is 2.23. The molecule has 0 spiro atoms. The highest BCUT2D eigenvalue weighted by Gasteiger charge is 2.23. The minimum Gasteiger partial charge on any atom is -0.352 e. The lowest BCUT2D eigenvalue weighted by molar-refractivity contribution is -0.118. The van der Waals surface area contributed by atoms with Crippen molar-refractivity contribution in [3.63, 3.8) is 0 Å². The minimum absolute atomic E-state index is 0.0932. The van der Waals surface area contributed by atoms with Crippen LogP contribution in [0.5, 0.6) is 0 Å². The molecule has 0 radical (unpaired) electrons. The normalized spacial score (nSPS) is 12.4. The average Bonchev–Trinajstić information content (AvgIpc) is 2.70. The molecular formula is C14H20N6O2. The van der Waals surface area contributed by atoms with Gasteiger partial charge in [0.15, 0.2) is 5.65 Å². The Morgan fingerprint density at radius 1 is 1.36 bits per heavy atom. The molecule has 0 saturated heterocycles. The number of rotatable bonds is 4. The van der Waals surface area contributed by atoms with Gasteiger partial charge in [-0.05, 0) is 18.9 Å². The maximum atomic E-state index is 12.3. The number of aromatic nitrogens is 3. The predicted molar refractivity (Wildman–Crippen MR) is 83.2 cm³/mol. The highest BCUT2D eigenvalue weighted by Crippen LogP contribution is 2.19. The zero-order valence-corrected chi connectivity index (χ0v) is 13.0. The van der Waals surface area contributed by atoms with E-state index in [1.165, 1.54) is 0 Å². The molecule has 0 aliphatic rings. The molecular weight excluding hydrogens is 284 g/mol. The summed E-state index contributed by atoms with van der Waals surface area (Å²) in [5.41, 5.74) is 7.22. The van der Waals surface area contributed by atoms with Crippen molar-refractivity contribution in [3.05, 3.63) is 18.0 Å². The molecule has 1 unspecified atom stereocenters. The molecule has 1 atom stereocenters. The molecule has 0 aliphatic carbocycles. The van der Waals surface area contributed by atoms with E-state index in [-0.39, 0.29) is 11.8 Å². The van der Waals surface area contributed by atoms with E-state index in [1.807, 2.05) is 33.9 Å². The standard InChI is InChI=1S/C14H20N6O2/c1-7(2)11(18-14(15)22)13(21)17-9-5-10-8(3)19-20(4)12(10)16-6-9/h5-7,11H,1-4H3,(H,17,21)(H3,15,18,22). The number of urea groups is 1. The van der Waals surface area contributed by atoms with Crippen LogP contribution in [0.25, 0.3) is 11.0 Å². The van der Waals surface area contributed by atoms with Gasteiger partial charge in [0.05, 0.1) is 17.6 Å². The summed E-state index contributed by atoms with van der Waals surface area (Å²) in [6.07, 6.45) is 1.56. The van der Waals surface area contributed by atoms with Gasteiger partial charge in [-0.25, -0.2) is 9.78 Å². The second kappa shape index (κ2) is 6.00. The van der Waals surface area contributed by atoms with E-state index in [4.69, 9.17) is 5.73 Å². The van der Waals surface area contributed by atoms with Crippen molar-refractivity contribution in [2.24, 2.45) is 18.7 Å². The molecule has 2 aromatic heterocycles. The van der Waals surface area contributed by atoms with Crippen molar-refractivity contribution < 1.29 is 9.59 Å². The van der Waals surface area contributed by atoms with Gasteiger partial charge in [-0.1, -0.05) is 13.8 Å². The van der Waals surface area contributed by atoms with Crippen LogP contribution in [-0.4, -0.2) is 32.7 Å². The number of hydrogen-bond donors (Lipinski definition) is 3. The van der Waals surface area contributed by atoms with Crippen molar-refractivity contribution in [2.75, 3.05) is 5.32 Å². The summed E-state index contributed by atoms with van der Waals surface area (Å²) in [6, 6.07) is 0.373. The number of fused-ring (bicyclic) bond motifs is 1. The van der Waals surface area contributed by atoms with E-state index in [2.05, 4.69) is 20.7 Å². The highest BCUT2D eigenvalue weighted by molar-refractivity contribution is 5.98. The average molecular weight is 304 g/mol. The van der Waals surface area contributed by atoms with Crippen LogP contribution in [0.15, 0.2) is 12.3 Å². The maximum Gasteiger partial charge on any atom is 0.312 e. The van der Waals surface area contributed by atoms with Gasteiger partial charge in [0.1, 0.15) is 6.04 Å². The molecule has 3 amide bonds. The number of nitrogens with two attached hydrogens (primary N) is 1. The SMILES string of the molecule is Cc1nn(C)c2ncc(NC(=O)C(NC(N)=O)C(C)C)cc12. The van der Waals surface area contributed by atoms with Crippen LogP contribution in [0, 0.1) is 12.8 Å². The van der Waals surface area contributed by atoms with Crippen molar-refractivity contribution in [2.45, 2.75) is 26.8 Å². The molecule has 0 aromatic carbocycles. The molecule has 0 saturated carbocycles. The first-order valence-corrected chi connectivity index (χ1v) is 6.95. The first kappa shape index (κ1) is 15.7. The minimum atomic E-state index is -0.731. The number of aryl methyl sites for hydroxylation is 2. The van der Waals surface area contributed by atoms with Crippen LogP contribution in [-0.2, 0) is 11.8 Å². The number of nitrogens with one attached hydrogen (secondary N) is 2. The zero-order valence-electron chi connectivity index (χ0n) is 13.0. The highest BCUT2D eigenvalue weighted by atomic mass is 16.2. The van der Waals surface area contributed by atoms with Gasteiger partial charge in [0.25, 0.3) is 0 Å². The van der Waals surface area contributed by atoms with Gasteiger partial charge < -0.3 is 16.4 Å². The Morgan fingerprint density at radius 2 is 2.05 bits per heavy atom. The second-order valence-electron chi connectivity index (χ2n) is 5.52. The molecule has 4 N–H and O–H groups in total. The molecule has 2 rings (SSSR count). The molecule has 0 aliphatic heterocycles. The van der Waals surface area contributed by atoms with Gasteiger partial charge in [-0.3, -0.25) is 9.48 Å². The van der Waals surface area contributed by atoms with Crippen LogP contribution >= 0.6 is 0 Å². The summed E-state index contributed by atoms with van der Waals surface area (Å²) in [4.78, 5) is 27.6. The van der Waals surface area contributed by atoms with E-state index in [9.17, 15) is 9.59 Å². The Labute approximate surface area is 128 Å². The molecule has 8 nitrogen and oxygen atoms in total. The van der Waals surface area contributed by atoms with Gasteiger partial charge >= 0.3 is 6.03 Å². The fourth-order valence-corrected chi connectivity index (χ4v) is 2.28. The number of pyridine rings is 1. The van der Waals surface area contributed by atoms with Crippen LogP contribution < -0.4 is 16.4 Å². The van der Waals surface area contributed by atoms with Crippen molar-refractivity contribution >= 4 is 28.7 Å². The Morgan fingerprint density at radius 3 is 2.64 bits per heavy atom. The first-order valence-electron chi connectivity index (χ1n) is 6.95. The van der Waals surface area contributed by atoms with Crippen molar-refractivity contribution in [1.29, 1.82) is 0 Å². The molecule has 0 bridgehead atoms. The molecule has 0 fully saturated rings. The monoisotopic (exact) mass is 304 g/mol. The molecule has 22 heavy (non-hydrogen) atoms. The summed E-state index contributed by atoms with van der Waals surface area (Å²) < 4.78 is 1.68. The number of carbonyl (C=O) groups excluding carboxylic acids is 2. The van der Waals surface area contributed by atoms with Crippen LogP contribution in [0.1, 0.15) is 19.5 Å². The van der Waals surface area contributed by atoms with E-state index < -0.39 is 12.1 Å². The van der Waals surface area contributed by atoms with E-state index in [1.54, 1.807) is 10.9 Å². The lowest BCUT2D eigenvalue weighted by atomic mass is 10.0. The number of hydrogen-bond acceptors (Lipinski definition) is 4. The molecule has 118 valence electrons. The quantitative estimate of drug-likeness (QED) is 0.778. The summed E-state index contributed by atoms with van der Waals surface area (Å²) in [6.45, 7) is 5.53. The van der Waals surface area contributed by atoms with Gasteiger partial charge in [-0.2, -0.15) is 5.10 Å². The molecule has 2 aromatic rings. The topological polar surface area (TPSA) is 115 Å². The van der Waals surface area contributed by atoms with E-state index in [0.29, 0.717) is 5.69 Å². The summed E-state index contributed by atoms with van der Waals surface area (Å²) in [7, 11) is 1.81. The lowest BCUT2D eigenvalue weighted by Crippen LogP contribution is -2.49. The second-order valence-corrected chi connectivity index (χ2v) is 5.52. The fraction of sp³-hybridized carbons (Fsp3) is 0.429. The smallest absolute Gasteiger partial charge is 0.312 e. The molecule has 2 heterocycles.